The number of aromatic nitrogens is 1. The highest BCUT2D eigenvalue weighted by molar-refractivity contribution is 6.18. The topological polar surface area (TPSA) is 45.9 Å². The summed E-state index contributed by atoms with van der Waals surface area (Å²) < 4.78 is 5.30. The van der Waals surface area contributed by atoms with Crippen molar-refractivity contribution in [3.05, 3.63) is 47.0 Å². The second kappa shape index (κ2) is 11.7. The van der Waals surface area contributed by atoms with Gasteiger partial charge in [-0.15, -0.1) is 29.6 Å². The Hall–Kier alpha value is -3.96. The van der Waals surface area contributed by atoms with Crippen LogP contribution in [0.1, 0.15) is 16.7 Å². The molecule has 0 amide bonds. The van der Waals surface area contributed by atoms with E-state index in [4.69, 9.17) is 34.4 Å². The van der Waals surface area contributed by atoms with Gasteiger partial charge in [0.15, 0.2) is 0 Å². The van der Waals surface area contributed by atoms with Crippen LogP contribution in [0.3, 0.4) is 0 Å². The molecule has 5 heteroatoms. The van der Waals surface area contributed by atoms with Crippen LogP contribution < -0.4 is 4.74 Å². The van der Waals surface area contributed by atoms with Crippen LogP contribution in [-0.4, -0.2) is 4.98 Å². The Kier molecular flexibility index (Phi) is 8.60. The van der Waals surface area contributed by atoms with Crippen molar-refractivity contribution in [1.29, 1.82) is 5.26 Å². The summed E-state index contributed by atoms with van der Waals surface area (Å²) in [6.07, 6.45) is 7.39. The fourth-order valence-electron chi connectivity index (χ4n) is 2.20. The highest BCUT2D eigenvalue weighted by Gasteiger charge is 2.13. The van der Waals surface area contributed by atoms with Crippen LogP contribution in [0.2, 0.25) is 0 Å². The third-order valence-corrected chi connectivity index (χ3v) is 3.95. The summed E-state index contributed by atoms with van der Waals surface area (Å²) >= 11 is 12.0. The van der Waals surface area contributed by atoms with Gasteiger partial charge in [0.25, 0.3) is 0 Å². The fraction of sp³-hybridized carbons (Fsp3) is 0.0833. The molecule has 1 aromatic carbocycles. The van der Waals surface area contributed by atoms with Crippen LogP contribution in [-0.2, 0) is 11.8 Å². The number of hydrogen-bond donors (Lipinski definition) is 0. The minimum absolute atomic E-state index is 0.162. The summed E-state index contributed by atoms with van der Waals surface area (Å²) in [6, 6.07) is 10.9. The van der Waals surface area contributed by atoms with Crippen molar-refractivity contribution in [3.63, 3.8) is 0 Å². The zero-order chi connectivity index (χ0) is 20.9. The molecule has 0 bridgehead atoms. The van der Waals surface area contributed by atoms with Crippen LogP contribution in [0.15, 0.2) is 30.3 Å². The Morgan fingerprint density at radius 1 is 0.966 bits per heavy atom. The van der Waals surface area contributed by atoms with Gasteiger partial charge in [-0.25, -0.2) is 4.98 Å². The largest absolute Gasteiger partial charge is 0.387 e. The number of terminal acetylenes is 1. The average Bonchev–Trinajstić information content (AvgIpc) is 2.77. The molecular weight excluding hydrogens is 403 g/mol. The van der Waals surface area contributed by atoms with E-state index >= 15 is 0 Å². The van der Waals surface area contributed by atoms with Crippen LogP contribution in [0.25, 0.3) is 11.3 Å². The molecule has 29 heavy (non-hydrogen) atoms. The molecule has 0 N–H and O–H groups in total. The van der Waals surface area contributed by atoms with Crippen LogP contribution in [0.4, 0.5) is 0 Å². The van der Waals surface area contributed by atoms with Crippen molar-refractivity contribution >= 4 is 23.2 Å². The van der Waals surface area contributed by atoms with E-state index in [2.05, 4.69) is 64.5 Å². The first-order valence-electron chi connectivity index (χ1n) is 8.01. The maximum atomic E-state index is 9.39. The van der Waals surface area contributed by atoms with E-state index in [1.54, 1.807) is 24.3 Å². The Balaban J connectivity index is 2.27. The van der Waals surface area contributed by atoms with Crippen LogP contribution >= 0.6 is 23.2 Å². The molecule has 1 heterocycles. The maximum Gasteiger partial charge on any atom is 0.231 e. The van der Waals surface area contributed by atoms with Crippen molar-refractivity contribution < 1.29 is 4.74 Å². The SMILES string of the molecule is C#CC#CC#CC#CC#COc1cccc(-c2cc(CCl)cc(C#N)c2CCl)n1. The molecule has 0 radical (unpaired) electrons. The molecule has 136 valence electrons. The van der Waals surface area contributed by atoms with Crippen molar-refractivity contribution in [1.82, 2.24) is 4.98 Å². The van der Waals surface area contributed by atoms with Gasteiger partial charge in [-0.3, -0.25) is 0 Å². The maximum absolute atomic E-state index is 9.39. The molecule has 3 nitrogen and oxygen atoms in total. The van der Waals surface area contributed by atoms with Gasteiger partial charge < -0.3 is 4.74 Å². The van der Waals surface area contributed by atoms with Gasteiger partial charge in [0.2, 0.25) is 5.88 Å². The highest BCUT2D eigenvalue weighted by atomic mass is 35.5. The summed E-state index contributed by atoms with van der Waals surface area (Å²) in [5.41, 5.74) is 3.24. The Morgan fingerprint density at radius 2 is 1.69 bits per heavy atom. The van der Waals surface area contributed by atoms with E-state index in [0.717, 1.165) is 11.1 Å². The second-order valence-corrected chi connectivity index (χ2v) is 5.67. The lowest BCUT2D eigenvalue weighted by Crippen LogP contribution is -1.97. The summed E-state index contributed by atoms with van der Waals surface area (Å²) in [6.45, 7) is 0. The van der Waals surface area contributed by atoms with Crippen molar-refractivity contribution in [2.75, 3.05) is 0 Å². The van der Waals surface area contributed by atoms with E-state index in [-0.39, 0.29) is 17.6 Å². The number of ether oxygens (including phenoxy) is 1. The molecule has 2 aromatic rings. The smallest absolute Gasteiger partial charge is 0.231 e. The molecule has 0 spiro atoms. The lowest BCUT2D eigenvalue weighted by Gasteiger charge is -2.11. The van der Waals surface area contributed by atoms with Crippen molar-refractivity contribution in [2.24, 2.45) is 0 Å². The van der Waals surface area contributed by atoms with Crippen LogP contribution in [0.5, 0.6) is 5.88 Å². The summed E-state index contributed by atoms with van der Waals surface area (Å²) in [5, 5.41) is 9.39. The third-order valence-electron chi connectivity index (χ3n) is 3.37. The van der Waals surface area contributed by atoms with Gasteiger partial charge >= 0.3 is 0 Å². The summed E-state index contributed by atoms with van der Waals surface area (Å²) in [4.78, 5) is 4.42. The van der Waals surface area contributed by atoms with E-state index < -0.39 is 0 Å². The molecule has 2 rings (SSSR count). The Morgan fingerprint density at radius 3 is 2.34 bits per heavy atom. The van der Waals surface area contributed by atoms with Crippen molar-refractivity contribution in [2.45, 2.75) is 11.8 Å². The Labute approximate surface area is 180 Å². The normalized spacial score (nSPS) is 8.14. The number of alkyl halides is 2. The first-order valence-corrected chi connectivity index (χ1v) is 9.08. The molecule has 0 saturated carbocycles. The van der Waals surface area contributed by atoms with Gasteiger partial charge in [0.1, 0.15) is 6.11 Å². The molecule has 0 atom stereocenters. The Bertz CT molecular complexity index is 1250. The average molecular weight is 413 g/mol. The highest BCUT2D eigenvalue weighted by Crippen LogP contribution is 2.29. The zero-order valence-corrected chi connectivity index (χ0v) is 16.4. The minimum Gasteiger partial charge on any atom is -0.387 e. The summed E-state index contributed by atoms with van der Waals surface area (Å²) in [5.74, 6) is 20.0. The van der Waals surface area contributed by atoms with Crippen LogP contribution in [0, 0.1) is 71.2 Å². The predicted molar refractivity (Wildman–Crippen MR) is 114 cm³/mol. The van der Waals surface area contributed by atoms with E-state index in [1.165, 1.54) is 0 Å². The number of pyridine rings is 1. The van der Waals surface area contributed by atoms with Crippen molar-refractivity contribution in [3.8, 4) is 83.1 Å². The van der Waals surface area contributed by atoms with E-state index in [1.807, 2.05) is 6.07 Å². The van der Waals surface area contributed by atoms with Gasteiger partial charge in [0, 0.05) is 47.1 Å². The lowest BCUT2D eigenvalue weighted by atomic mass is 9.97. The molecule has 0 saturated heterocycles. The quantitative estimate of drug-likeness (QED) is 0.561. The molecule has 0 fully saturated rings. The van der Waals surface area contributed by atoms with Gasteiger partial charge in [0.05, 0.1) is 17.3 Å². The number of rotatable bonds is 4. The molecule has 0 aliphatic rings. The number of nitrogens with zero attached hydrogens (tertiary/aromatic N) is 2. The monoisotopic (exact) mass is 412 g/mol. The molecule has 0 unspecified atom stereocenters. The molecular formula is C24H10Cl2N2O. The van der Waals surface area contributed by atoms with Gasteiger partial charge in [-0.05, 0) is 53.0 Å². The number of benzene rings is 1. The predicted octanol–water partition coefficient (Wildman–Crippen LogP) is 4.08. The lowest BCUT2D eigenvalue weighted by molar-refractivity contribution is 0.499. The number of nitriles is 1. The first-order chi connectivity index (χ1) is 14.2. The molecule has 0 aliphatic heterocycles. The third kappa shape index (κ3) is 6.30. The molecule has 0 aliphatic carbocycles. The second-order valence-electron chi connectivity index (χ2n) is 5.13. The summed E-state index contributed by atoms with van der Waals surface area (Å²) in [7, 11) is 0. The van der Waals surface area contributed by atoms with E-state index in [0.29, 0.717) is 16.8 Å². The zero-order valence-electron chi connectivity index (χ0n) is 14.9. The minimum atomic E-state index is 0.162. The fourth-order valence-corrected chi connectivity index (χ4v) is 2.64. The molecule has 1 aromatic heterocycles. The van der Waals surface area contributed by atoms with Gasteiger partial charge in [-0.1, -0.05) is 6.07 Å². The number of hydrogen-bond acceptors (Lipinski definition) is 3. The number of halogens is 2. The van der Waals surface area contributed by atoms with E-state index in [9.17, 15) is 5.26 Å². The van der Waals surface area contributed by atoms with Gasteiger partial charge in [-0.2, -0.15) is 5.26 Å². The first kappa shape index (κ1) is 21.3. The standard InChI is InChI=1S/C24H10Cl2N2O/c1-2-3-4-5-6-7-8-9-13-29-24-12-10-11-23(28-24)21-15-19(16-25)14-20(18-27)22(21)17-26/h1,10-12,14-15H,16-17H2.